The molecule has 0 bridgehead atoms. The van der Waals surface area contributed by atoms with Crippen molar-refractivity contribution in [2.75, 3.05) is 11.9 Å². The molecular weight excluding hydrogens is 396 g/mol. The Morgan fingerprint density at radius 1 is 1.06 bits per heavy atom. The topological polar surface area (TPSA) is 109 Å². The minimum Gasteiger partial charge on any atom is -0.483 e. The summed E-state index contributed by atoms with van der Waals surface area (Å²) >= 11 is 0. The molecule has 0 aliphatic heterocycles. The molecule has 0 heterocycles. The molecule has 0 unspecified atom stereocenters. The van der Waals surface area contributed by atoms with Gasteiger partial charge in [0.25, 0.3) is 5.91 Å². The third-order valence-electron chi connectivity index (χ3n) is 4.71. The normalized spacial score (nSPS) is 13.0. The van der Waals surface area contributed by atoms with Crippen molar-refractivity contribution in [1.29, 1.82) is 0 Å². The highest BCUT2D eigenvalue weighted by molar-refractivity contribution is 6.35. The third-order valence-corrected chi connectivity index (χ3v) is 4.71. The Morgan fingerprint density at radius 3 is 2.42 bits per heavy atom. The Balaban J connectivity index is 1.56. The molecule has 0 radical (unpaired) electrons. The van der Waals surface area contributed by atoms with Crippen molar-refractivity contribution in [1.82, 2.24) is 10.7 Å². The summed E-state index contributed by atoms with van der Waals surface area (Å²) < 4.78 is 5.65. The van der Waals surface area contributed by atoms with Crippen molar-refractivity contribution in [3.63, 3.8) is 0 Å². The van der Waals surface area contributed by atoms with Gasteiger partial charge in [-0.25, -0.2) is 5.43 Å². The van der Waals surface area contributed by atoms with Crippen LogP contribution < -0.4 is 20.8 Å². The standard InChI is InChI=1S/C23H26N4O4/c1-14-10-15(2)21(16(3)11-14)26-20(28)13-31-19-7-5-4-6-17(19)12-24-27-23(30)22(29)25-18-8-9-18/h4-7,10-12,18H,8-9,13H2,1-3H3,(H,25,29)(H,26,28)(H,27,30). The lowest BCUT2D eigenvalue weighted by Gasteiger charge is -2.14. The Hall–Kier alpha value is -3.68. The van der Waals surface area contributed by atoms with Gasteiger partial charge in [0.15, 0.2) is 6.61 Å². The van der Waals surface area contributed by atoms with E-state index in [1.807, 2.05) is 32.9 Å². The number of rotatable bonds is 7. The monoisotopic (exact) mass is 422 g/mol. The second-order valence-corrected chi connectivity index (χ2v) is 7.60. The first-order valence-corrected chi connectivity index (χ1v) is 10.1. The summed E-state index contributed by atoms with van der Waals surface area (Å²) in [5.74, 6) is -1.39. The van der Waals surface area contributed by atoms with E-state index in [0.29, 0.717) is 11.3 Å². The molecule has 3 N–H and O–H groups in total. The van der Waals surface area contributed by atoms with Crippen LogP contribution in [-0.2, 0) is 14.4 Å². The van der Waals surface area contributed by atoms with Crippen molar-refractivity contribution >= 4 is 29.6 Å². The number of amides is 3. The van der Waals surface area contributed by atoms with Gasteiger partial charge in [0.1, 0.15) is 5.75 Å². The predicted molar refractivity (Wildman–Crippen MR) is 118 cm³/mol. The van der Waals surface area contributed by atoms with Crippen molar-refractivity contribution in [2.24, 2.45) is 5.10 Å². The average molecular weight is 422 g/mol. The second kappa shape index (κ2) is 9.88. The Kier molecular flexibility index (Phi) is 7.02. The number of nitrogens with zero attached hydrogens (tertiary/aromatic N) is 1. The van der Waals surface area contributed by atoms with E-state index in [2.05, 4.69) is 21.2 Å². The summed E-state index contributed by atoms with van der Waals surface area (Å²) in [7, 11) is 0. The molecule has 8 heteroatoms. The van der Waals surface area contributed by atoms with Gasteiger partial charge in [-0.3, -0.25) is 14.4 Å². The maximum atomic E-state index is 12.4. The van der Waals surface area contributed by atoms with Crippen LogP contribution in [0.4, 0.5) is 5.69 Å². The zero-order valence-electron chi connectivity index (χ0n) is 17.8. The molecule has 0 saturated heterocycles. The van der Waals surface area contributed by atoms with Gasteiger partial charge in [-0.15, -0.1) is 0 Å². The summed E-state index contributed by atoms with van der Waals surface area (Å²) in [6.07, 6.45) is 3.15. The van der Waals surface area contributed by atoms with Crippen LogP contribution in [-0.4, -0.2) is 36.6 Å². The lowest BCUT2D eigenvalue weighted by atomic mass is 10.1. The van der Waals surface area contributed by atoms with Gasteiger partial charge in [-0.2, -0.15) is 5.10 Å². The molecule has 0 spiro atoms. The number of anilines is 1. The van der Waals surface area contributed by atoms with Crippen LogP contribution >= 0.6 is 0 Å². The third kappa shape index (κ3) is 6.40. The van der Waals surface area contributed by atoms with Crippen molar-refractivity contribution in [3.05, 3.63) is 58.7 Å². The van der Waals surface area contributed by atoms with E-state index in [1.165, 1.54) is 6.21 Å². The van der Waals surface area contributed by atoms with Gasteiger partial charge in [0, 0.05) is 17.3 Å². The van der Waals surface area contributed by atoms with E-state index in [0.717, 1.165) is 35.2 Å². The second-order valence-electron chi connectivity index (χ2n) is 7.60. The summed E-state index contributed by atoms with van der Waals surface area (Å²) in [5, 5.41) is 9.28. The van der Waals surface area contributed by atoms with E-state index >= 15 is 0 Å². The highest BCUT2D eigenvalue weighted by Gasteiger charge is 2.26. The number of hydrogen-bond acceptors (Lipinski definition) is 5. The fourth-order valence-electron chi connectivity index (χ4n) is 3.10. The minimum atomic E-state index is -0.829. The van der Waals surface area contributed by atoms with Gasteiger partial charge in [0.05, 0.1) is 6.21 Å². The summed E-state index contributed by atoms with van der Waals surface area (Å²) in [4.78, 5) is 35.7. The number of carbonyl (C=O) groups excluding carboxylic acids is 3. The minimum absolute atomic E-state index is 0.0926. The highest BCUT2D eigenvalue weighted by Crippen LogP contribution is 2.22. The van der Waals surface area contributed by atoms with E-state index in [4.69, 9.17) is 4.74 Å². The van der Waals surface area contributed by atoms with E-state index in [1.54, 1.807) is 24.3 Å². The molecule has 1 saturated carbocycles. The van der Waals surface area contributed by atoms with Crippen LogP contribution in [0.15, 0.2) is 41.5 Å². The fraction of sp³-hybridized carbons (Fsp3) is 0.304. The molecule has 0 aromatic heterocycles. The first kappa shape index (κ1) is 22.0. The number of ether oxygens (including phenoxy) is 1. The van der Waals surface area contributed by atoms with Gasteiger partial charge in [-0.1, -0.05) is 29.8 Å². The number of benzene rings is 2. The van der Waals surface area contributed by atoms with Gasteiger partial charge in [-0.05, 0) is 56.9 Å². The van der Waals surface area contributed by atoms with Crippen molar-refractivity contribution in [2.45, 2.75) is 39.7 Å². The molecule has 31 heavy (non-hydrogen) atoms. The highest BCUT2D eigenvalue weighted by atomic mass is 16.5. The molecule has 1 aliphatic carbocycles. The van der Waals surface area contributed by atoms with Crippen LogP contribution in [0.1, 0.15) is 35.1 Å². The summed E-state index contributed by atoms with van der Waals surface area (Å²) in [6, 6.07) is 11.1. The Morgan fingerprint density at radius 2 is 1.74 bits per heavy atom. The SMILES string of the molecule is Cc1cc(C)c(NC(=O)COc2ccccc2C=NNC(=O)C(=O)NC2CC2)c(C)c1. The number of hydrazone groups is 1. The van der Waals surface area contributed by atoms with Gasteiger partial charge < -0.3 is 15.4 Å². The number of hydrogen-bond donors (Lipinski definition) is 3. The van der Waals surface area contributed by atoms with Crippen LogP contribution in [0.25, 0.3) is 0 Å². The zero-order valence-corrected chi connectivity index (χ0v) is 17.8. The number of aryl methyl sites for hydroxylation is 3. The van der Waals surface area contributed by atoms with Crippen LogP contribution in [0.5, 0.6) is 5.75 Å². The zero-order chi connectivity index (χ0) is 22.4. The van der Waals surface area contributed by atoms with E-state index in [9.17, 15) is 14.4 Å². The molecule has 3 amide bonds. The van der Waals surface area contributed by atoms with Crippen molar-refractivity contribution < 1.29 is 19.1 Å². The molecular formula is C23H26N4O4. The molecule has 3 rings (SSSR count). The van der Waals surface area contributed by atoms with Crippen LogP contribution in [0.3, 0.4) is 0 Å². The van der Waals surface area contributed by atoms with Crippen molar-refractivity contribution in [3.8, 4) is 5.75 Å². The summed E-state index contributed by atoms with van der Waals surface area (Å²) in [5.41, 5.74) is 6.63. The Labute approximate surface area is 181 Å². The lowest BCUT2D eigenvalue weighted by Crippen LogP contribution is -2.38. The largest absolute Gasteiger partial charge is 0.483 e. The Bertz CT molecular complexity index is 1000. The molecule has 162 valence electrons. The van der Waals surface area contributed by atoms with Crippen LogP contribution in [0, 0.1) is 20.8 Å². The molecule has 0 atom stereocenters. The van der Waals surface area contributed by atoms with Gasteiger partial charge >= 0.3 is 11.8 Å². The maximum Gasteiger partial charge on any atom is 0.329 e. The molecule has 1 aliphatic rings. The smallest absolute Gasteiger partial charge is 0.329 e. The molecule has 2 aromatic rings. The number of para-hydroxylation sites is 1. The molecule has 2 aromatic carbocycles. The van der Waals surface area contributed by atoms with Crippen LogP contribution in [0.2, 0.25) is 0 Å². The lowest BCUT2D eigenvalue weighted by molar-refractivity contribution is -0.139. The molecule has 1 fully saturated rings. The average Bonchev–Trinajstić information content (AvgIpc) is 3.53. The van der Waals surface area contributed by atoms with E-state index in [-0.39, 0.29) is 18.6 Å². The first-order chi connectivity index (χ1) is 14.8. The molecule has 8 nitrogen and oxygen atoms in total. The first-order valence-electron chi connectivity index (χ1n) is 10.1. The fourth-order valence-corrected chi connectivity index (χ4v) is 3.10. The summed E-state index contributed by atoms with van der Waals surface area (Å²) in [6.45, 7) is 5.71. The predicted octanol–water partition coefficient (Wildman–Crippen LogP) is 2.36. The van der Waals surface area contributed by atoms with E-state index < -0.39 is 11.8 Å². The number of nitrogens with one attached hydrogen (secondary N) is 3. The maximum absolute atomic E-state index is 12.4. The number of carbonyl (C=O) groups is 3. The van der Waals surface area contributed by atoms with Gasteiger partial charge in [0.2, 0.25) is 0 Å². The quantitative estimate of drug-likeness (QED) is 0.362.